The van der Waals surface area contributed by atoms with Crippen LogP contribution in [0.25, 0.3) is 0 Å². The Morgan fingerprint density at radius 2 is 2.28 bits per heavy atom. The normalized spacial score (nSPS) is 9.61. The van der Waals surface area contributed by atoms with Crippen molar-refractivity contribution < 1.29 is 14.5 Å². The number of hydrogen-bond donors (Lipinski definition) is 1. The number of benzene rings is 1. The van der Waals surface area contributed by atoms with Gasteiger partial charge in [-0.25, -0.2) is 0 Å². The molecule has 0 aliphatic heterocycles. The fourth-order valence-electron chi connectivity index (χ4n) is 1.39. The van der Waals surface area contributed by atoms with Crippen molar-refractivity contribution in [3.63, 3.8) is 0 Å². The van der Waals surface area contributed by atoms with E-state index in [2.05, 4.69) is 12.6 Å². The largest absolute Gasteiger partial charge is 0.466 e. The van der Waals surface area contributed by atoms with Gasteiger partial charge in [0.15, 0.2) is 0 Å². The first kappa shape index (κ1) is 14.0. The molecule has 0 unspecified atom stereocenters. The molecule has 1 rings (SSSR count). The van der Waals surface area contributed by atoms with E-state index in [-0.39, 0.29) is 29.8 Å². The number of nitro benzene ring substituents is 1. The van der Waals surface area contributed by atoms with Gasteiger partial charge in [-0.15, -0.1) is 12.6 Å². The highest BCUT2D eigenvalue weighted by Crippen LogP contribution is 2.26. The van der Waals surface area contributed by atoms with Gasteiger partial charge in [0.1, 0.15) is 6.07 Å². The lowest BCUT2D eigenvalue weighted by Gasteiger charge is -2.05. The molecule has 1 aromatic rings. The molecular weight excluding hydrogens is 256 g/mol. The predicted octanol–water partition coefficient (Wildman–Crippen LogP) is 1.86. The molecule has 0 saturated heterocycles. The number of carbonyl (C=O) groups is 1. The fraction of sp³-hybridized carbons (Fsp3) is 0.273. The molecule has 18 heavy (non-hydrogen) atoms. The molecule has 0 saturated carbocycles. The van der Waals surface area contributed by atoms with Gasteiger partial charge in [-0.1, -0.05) is 0 Å². The summed E-state index contributed by atoms with van der Waals surface area (Å²) in [6, 6.07) is 4.25. The zero-order chi connectivity index (χ0) is 13.7. The number of hydrogen-bond acceptors (Lipinski definition) is 6. The van der Waals surface area contributed by atoms with Gasteiger partial charge in [-0.2, -0.15) is 5.26 Å². The Kier molecular flexibility index (Phi) is 4.68. The van der Waals surface area contributed by atoms with Crippen LogP contribution in [0.4, 0.5) is 5.69 Å². The Morgan fingerprint density at radius 3 is 2.78 bits per heavy atom. The van der Waals surface area contributed by atoms with E-state index in [0.717, 1.165) is 6.07 Å². The highest BCUT2D eigenvalue weighted by molar-refractivity contribution is 7.80. The van der Waals surface area contributed by atoms with Crippen LogP contribution in [0.2, 0.25) is 0 Å². The zero-order valence-electron chi connectivity index (χ0n) is 9.54. The van der Waals surface area contributed by atoms with E-state index in [4.69, 9.17) is 10.00 Å². The standard InChI is InChI=1S/C11H10N2O4S/c1-2-17-11(14)5-7-4-10(18)8(6-12)3-9(7)13(15)16/h3-4,18H,2,5H2,1H3. The number of thiol groups is 1. The van der Waals surface area contributed by atoms with Crippen LogP contribution < -0.4 is 0 Å². The Hall–Kier alpha value is -2.07. The summed E-state index contributed by atoms with van der Waals surface area (Å²) in [5.41, 5.74) is -0.00232. The molecule has 0 amide bonds. The van der Waals surface area contributed by atoms with Crippen molar-refractivity contribution in [2.24, 2.45) is 0 Å². The third-order valence-electron chi connectivity index (χ3n) is 2.15. The maximum Gasteiger partial charge on any atom is 0.310 e. The van der Waals surface area contributed by atoms with Crippen molar-refractivity contribution in [3.8, 4) is 6.07 Å². The van der Waals surface area contributed by atoms with E-state index < -0.39 is 10.9 Å². The summed E-state index contributed by atoms with van der Waals surface area (Å²) in [7, 11) is 0. The molecule has 0 heterocycles. The van der Waals surface area contributed by atoms with Crippen LogP contribution in [0.5, 0.6) is 0 Å². The molecule has 0 spiro atoms. The fourth-order valence-corrected chi connectivity index (χ4v) is 1.66. The van der Waals surface area contributed by atoms with Gasteiger partial charge in [-0.3, -0.25) is 14.9 Å². The third-order valence-corrected chi connectivity index (χ3v) is 2.52. The lowest BCUT2D eigenvalue weighted by atomic mass is 10.1. The minimum atomic E-state index is -0.636. The molecular formula is C11H10N2O4S. The Balaban J connectivity index is 3.18. The number of carbonyl (C=O) groups excluding carboxylic acids is 1. The lowest BCUT2D eigenvalue weighted by molar-refractivity contribution is -0.385. The van der Waals surface area contributed by atoms with E-state index >= 15 is 0 Å². The lowest BCUT2D eigenvalue weighted by Crippen LogP contribution is -2.09. The second kappa shape index (κ2) is 6.02. The third kappa shape index (κ3) is 3.21. The van der Waals surface area contributed by atoms with E-state index in [1.807, 2.05) is 0 Å². The zero-order valence-corrected chi connectivity index (χ0v) is 10.4. The van der Waals surface area contributed by atoms with Gasteiger partial charge in [0.2, 0.25) is 0 Å². The summed E-state index contributed by atoms with van der Waals surface area (Å²) in [5.74, 6) is -0.557. The monoisotopic (exact) mass is 266 g/mol. The van der Waals surface area contributed by atoms with Gasteiger partial charge in [0, 0.05) is 16.5 Å². The average Bonchev–Trinajstić information content (AvgIpc) is 2.29. The summed E-state index contributed by atoms with van der Waals surface area (Å²) in [6.45, 7) is 1.85. The van der Waals surface area contributed by atoms with Crippen LogP contribution >= 0.6 is 12.6 Å². The first-order valence-corrected chi connectivity index (χ1v) is 5.50. The Labute approximate surface area is 109 Å². The molecule has 0 aliphatic carbocycles. The topological polar surface area (TPSA) is 93.2 Å². The molecule has 1 aromatic carbocycles. The summed E-state index contributed by atoms with van der Waals surface area (Å²) >= 11 is 4.04. The van der Waals surface area contributed by atoms with Gasteiger partial charge in [0.25, 0.3) is 5.69 Å². The molecule has 7 heteroatoms. The van der Waals surface area contributed by atoms with Crippen LogP contribution in [-0.4, -0.2) is 17.5 Å². The molecule has 0 bridgehead atoms. The van der Waals surface area contributed by atoms with Gasteiger partial charge in [-0.05, 0) is 13.0 Å². The van der Waals surface area contributed by atoms with Crippen LogP contribution in [-0.2, 0) is 16.0 Å². The van der Waals surface area contributed by atoms with Crippen molar-refractivity contribution >= 4 is 24.3 Å². The van der Waals surface area contributed by atoms with E-state index in [9.17, 15) is 14.9 Å². The minimum Gasteiger partial charge on any atom is -0.466 e. The molecule has 0 N–H and O–H groups in total. The van der Waals surface area contributed by atoms with Gasteiger partial charge in [0.05, 0.1) is 23.5 Å². The maximum absolute atomic E-state index is 11.3. The van der Waals surface area contributed by atoms with Gasteiger partial charge < -0.3 is 4.74 Å². The van der Waals surface area contributed by atoms with E-state index in [0.29, 0.717) is 4.90 Å². The summed E-state index contributed by atoms with van der Waals surface area (Å²) in [5, 5.41) is 19.6. The SMILES string of the molecule is CCOC(=O)Cc1cc(S)c(C#N)cc1[N+](=O)[O-]. The minimum absolute atomic E-state index is 0.0950. The Bertz CT molecular complexity index is 537. The quantitative estimate of drug-likeness (QED) is 0.388. The number of ether oxygens (including phenoxy) is 1. The number of nitro groups is 1. The maximum atomic E-state index is 11.3. The molecule has 94 valence electrons. The molecule has 0 aliphatic rings. The van der Waals surface area contributed by atoms with Crippen molar-refractivity contribution in [2.45, 2.75) is 18.2 Å². The highest BCUT2D eigenvalue weighted by Gasteiger charge is 2.19. The first-order chi connectivity index (χ1) is 8.49. The average molecular weight is 266 g/mol. The van der Waals surface area contributed by atoms with E-state index in [1.165, 1.54) is 6.07 Å². The van der Waals surface area contributed by atoms with Crippen LogP contribution in [0.1, 0.15) is 18.1 Å². The molecule has 0 fully saturated rings. The van der Waals surface area contributed by atoms with Crippen molar-refractivity contribution in [3.05, 3.63) is 33.4 Å². The van der Waals surface area contributed by atoms with Crippen molar-refractivity contribution in [1.29, 1.82) is 5.26 Å². The number of esters is 1. The van der Waals surface area contributed by atoms with E-state index in [1.54, 1.807) is 13.0 Å². The summed E-state index contributed by atoms with van der Waals surface area (Å²) in [4.78, 5) is 21.8. The van der Waals surface area contributed by atoms with Crippen molar-refractivity contribution in [1.82, 2.24) is 0 Å². The smallest absolute Gasteiger partial charge is 0.310 e. The Morgan fingerprint density at radius 1 is 1.61 bits per heavy atom. The number of nitriles is 1. The summed E-state index contributed by atoms with van der Waals surface area (Å²) < 4.78 is 4.73. The number of rotatable bonds is 4. The van der Waals surface area contributed by atoms with Crippen molar-refractivity contribution in [2.75, 3.05) is 6.61 Å². The molecule has 6 nitrogen and oxygen atoms in total. The molecule has 0 radical (unpaired) electrons. The molecule has 0 aromatic heterocycles. The second-order valence-corrected chi connectivity index (χ2v) is 3.83. The van der Waals surface area contributed by atoms with Crippen LogP contribution in [0.15, 0.2) is 17.0 Å². The summed E-state index contributed by atoms with van der Waals surface area (Å²) in [6.07, 6.45) is -0.219. The van der Waals surface area contributed by atoms with Crippen LogP contribution in [0.3, 0.4) is 0 Å². The van der Waals surface area contributed by atoms with Gasteiger partial charge >= 0.3 is 5.97 Å². The molecule has 0 atom stereocenters. The highest BCUT2D eigenvalue weighted by atomic mass is 32.1. The van der Waals surface area contributed by atoms with Crippen LogP contribution in [0, 0.1) is 21.4 Å². The second-order valence-electron chi connectivity index (χ2n) is 3.35. The number of nitrogens with zero attached hydrogens (tertiary/aromatic N) is 2. The first-order valence-electron chi connectivity index (χ1n) is 5.05. The predicted molar refractivity (Wildman–Crippen MR) is 65.4 cm³/mol.